The largest absolute Gasteiger partial charge is 0.340 e. The van der Waals surface area contributed by atoms with E-state index in [1.165, 1.54) is 16.4 Å². The van der Waals surface area contributed by atoms with E-state index in [4.69, 9.17) is 0 Å². The van der Waals surface area contributed by atoms with E-state index in [0.717, 1.165) is 16.1 Å². The topological polar surface area (TPSA) is 57.7 Å². The van der Waals surface area contributed by atoms with Gasteiger partial charge in [0.1, 0.15) is 5.82 Å². The summed E-state index contributed by atoms with van der Waals surface area (Å²) in [7, 11) is -3.78. The third kappa shape index (κ3) is 4.56. The van der Waals surface area contributed by atoms with Crippen LogP contribution in [0.3, 0.4) is 0 Å². The summed E-state index contributed by atoms with van der Waals surface area (Å²) in [4.78, 5) is 14.1. The molecule has 2 aromatic rings. The Morgan fingerprint density at radius 2 is 1.70 bits per heavy atom. The average molecular weight is 455 g/mol. The Morgan fingerprint density at radius 1 is 1.07 bits per heavy atom. The van der Waals surface area contributed by atoms with E-state index in [9.17, 15) is 17.6 Å². The molecule has 0 aliphatic carbocycles. The Balaban J connectivity index is 1.65. The molecule has 0 saturated carbocycles. The smallest absolute Gasteiger partial charge is 0.243 e. The lowest BCUT2D eigenvalue weighted by Crippen LogP contribution is -2.50. The Labute approximate surface area is 167 Å². The molecule has 1 heterocycles. The van der Waals surface area contributed by atoms with Crippen molar-refractivity contribution in [3.63, 3.8) is 0 Å². The second kappa shape index (κ2) is 8.08. The number of aryl methyl sites for hydroxylation is 1. The summed E-state index contributed by atoms with van der Waals surface area (Å²) >= 11 is 3.36. The molecule has 0 spiro atoms. The molecule has 0 N–H and O–H groups in total. The molecule has 8 heteroatoms. The van der Waals surface area contributed by atoms with E-state index in [2.05, 4.69) is 15.9 Å². The summed E-state index contributed by atoms with van der Waals surface area (Å²) in [6, 6.07) is 11.3. The summed E-state index contributed by atoms with van der Waals surface area (Å²) in [5.74, 6) is -0.612. The molecule has 1 fully saturated rings. The molecule has 5 nitrogen and oxygen atoms in total. The van der Waals surface area contributed by atoms with Crippen molar-refractivity contribution >= 4 is 31.9 Å². The van der Waals surface area contributed by atoms with Crippen molar-refractivity contribution in [3.8, 4) is 0 Å². The highest BCUT2D eigenvalue weighted by Gasteiger charge is 2.31. The lowest BCUT2D eigenvalue weighted by molar-refractivity contribution is -0.131. The fourth-order valence-corrected chi connectivity index (χ4v) is 4.98. The van der Waals surface area contributed by atoms with Crippen molar-refractivity contribution in [1.82, 2.24) is 9.21 Å². The number of hydrogen-bond acceptors (Lipinski definition) is 3. The molecule has 0 aromatic heterocycles. The molecule has 0 bridgehead atoms. The molecule has 1 aliphatic rings. The molecule has 1 aliphatic heterocycles. The minimum atomic E-state index is -3.78. The lowest BCUT2D eigenvalue weighted by Gasteiger charge is -2.34. The highest BCUT2D eigenvalue weighted by Crippen LogP contribution is 2.22. The zero-order chi connectivity index (χ0) is 19.6. The number of halogens is 2. The zero-order valence-electron chi connectivity index (χ0n) is 14.9. The van der Waals surface area contributed by atoms with Gasteiger partial charge in [-0.15, -0.1) is 0 Å². The van der Waals surface area contributed by atoms with Gasteiger partial charge in [-0.2, -0.15) is 4.31 Å². The normalized spacial score (nSPS) is 15.7. The van der Waals surface area contributed by atoms with Crippen LogP contribution in [0.25, 0.3) is 0 Å². The number of amides is 1. The van der Waals surface area contributed by atoms with Gasteiger partial charge in [0.05, 0.1) is 11.3 Å². The Bertz CT molecular complexity index is 940. The zero-order valence-corrected chi connectivity index (χ0v) is 17.3. The second-order valence-electron chi connectivity index (χ2n) is 6.50. The average Bonchev–Trinajstić information content (AvgIpc) is 2.65. The minimum absolute atomic E-state index is 0.0165. The summed E-state index contributed by atoms with van der Waals surface area (Å²) in [6.07, 6.45) is 0.281. The highest BCUT2D eigenvalue weighted by molar-refractivity contribution is 9.10. The van der Waals surface area contributed by atoms with Crippen LogP contribution < -0.4 is 0 Å². The van der Waals surface area contributed by atoms with Crippen LogP contribution in [0.1, 0.15) is 11.1 Å². The van der Waals surface area contributed by atoms with E-state index in [-0.39, 0.29) is 30.3 Å². The van der Waals surface area contributed by atoms with Crippen LogP contribution >= 0.6 is 15.9 Å². The summed E-state index contributed by atoms with van der Waals surface area (Å²) in [6.45, 7) is 2.69. The molecule has 1 saturated heterocycles. The maximum Gasteiger partial charge on any atom is 0.243 e. The second-order valence-corrected chi connectivity index (χ2v) is 9.32. The number of piperazine rings is 1. The number of rotatable bonds is 4. The van der Waals surface area contributed by atoms with E-state index in [0.29, 0.717) is 18.7 Å². The SMILES string of the molecule is Cc1ccc(F)cc1S(=O)(=O)N1CCN(C(=O)Cc2ccc(Br)cc2)CC1. The number of carbonyl (C=O) groups excluding carboxylic acids is 1. The van der Waals surface area contributed by atoms with Gasteiger partial charge < -0.3 is 4.90 Å². The van der Waals surface area contributed by atoms with Crippen LogP contribution in [-0.2, 0) is 21.2 Å². The van der Waals surface area contributed by atoms with Gasteiger partial charge in [0, 0.05) is 30.7 Å². The molecule has 0 unspecified atom stereocenters. The summed E-state index contributed by atoms with van der Waals surface area (Å²) < 4.78 is 41.4. The molecule has 0 radical (unpaired) electrons. The fraction of sp³-hybridized carbons (Fsp3) is 0.316. The highest BCUT2D eigenvalue weighted by atomic mass is 79.9. The summed E-state index contributed by atoms with van der Waals surface area (Å²) in [5, 5.41) is 0. The molecule has 1 amide bonds. The third-order valence-electron chi connectivity index (χ3n) is 4.63. The number of nitrogens with zero attached hydrogens (tertiary/aromatic N) is 2. The van der Waals surface area contributed by atoms with E-state index < -0.39 is 15.8 Å². The van der Waals surface area contributed by atoms with Gasteiger partial charge in [-0.25, -0.2) is 12.8 Å². The van der Waals surface area contributed by atoms with Crippen molar-refractivity contribution < 1.29 is 17.6 Å². The fourth-order valence-electron chi connectivity index (χ4n) is 3.06. The van der Waals surface area contributed by atoms with Crippen LogP contribution in [0, 0.1) is 12.7 Å². The standard InChI is InChI=1S/C19H20BrFN2O3S/c1-14-2-7-17(21)13-18(14)27(25,26)23-10-8-22(9-11-23)19(24)12-15-3-5-16(20)6-4-15/h2-7,13H,8-12H2,1H3. The molecule has 27 heavy (non-hydrogen) atoms. The van der Waals surface area contributed by atoms with Crippen LogP contribution in [0.5, 0.6) is 0 Å². The number of hydrogen-bond donors (Lipinski definition) is 0. The van der Waals surface area contributed by atoms with Gasteiger partial charge in [-0.05, 0) is 42.3 Å². The van der Waals surface area contributed by atoms with Crippen LogP contribution in [-0.4, -0.2) is 49.7 Å². The molecule has 3 rings (SSSR count). The van der Waals surface area contributed by atoms with Gasteiger partial charge in [0.15, 0.2) is 0 Å². The summed E-state index contributed by atoms with van der Waals surface area (Å²) in [5.41, 5.74) is 1.42. The van der Waals surface area contributed by atoms with Crippen LogP contribution in [0.15, 0.2) is 51.8 Å². The van der Waals surface area contributed by atoms with Gasteiger partial charge in [-0.1, -0.05) is 34.1 Å². The van der Waals surface area contributed by atoms with Crippen molar-refractivity contribution in [2.45, 2.75) is 18.2 Å². The lowest BCUT2D eigenvalue weighted by atomic mass is 10.1. The predicted octanol–water partition coefficient (Wildman–Crippen LogP) is 2.97. The maximum atomic E-state index is 13.5. The van der Waals surface area contributed by atoms with Crippen LogP contribution in [0.4, 0.5) is 4.39 Å². The monoisotopic (exact) mass is 454 g/mol. The Hall–Kier alpha value is -1.77. The molecular weight excluding hydrogens is 435 g/mol. The van der Waals surface area contributed by atoms with Gasteiger partial charge >= 0.3 is 0 Å². The van der Waals surface area contributed by atoms with Gasteiger partial charge in [0.2, 0.25) is 15.9 Å². The number of carbonyl (C=O) groups is 1. The van der Waals surface area contributed by atoms with Crippen LogP contribution in [0.2, 0.25) is 0 Å². The Kier molecular flexibility index (Phi) is 5.98. The minimum Gasteiger partial charge on any atom is -0.340 e. The third-order valence-corrected chi connectivity index (χ3v) is 7.20. The van der Waals surface area contributed by atoms with E-state index in [1.807, 2.05) is 24.3 Å². The van der Waals surface area contributed by atoms with Crippen molar-refractivity contribution in [3.05, 3.63) is 63.9 Å². The van der Waals surface area contributed by atoms with Gasteiger partial charge in [0.25, 0.3) is 0 Å². The molecule has 0 atom stereocenters. The predicted molar refractivity (Wildman–Crippen MR) is 104 cm³/mol. The first-order valence-corrected chi connectivity index (χ1v) is 10.8. The first-order chi connectivity index (χ1) is 12.8. The van der Waals surface area contributed by atoms with Gasteiger partial charge in [-0.3, -0.25) is 4.79 Å². The van der Waals surface area contributed by atoms with Crippen molar-refractivity contribution in [1.29, 1.82) is 0 Å². The van der Waals surface area contributed by atoms with Crippen molar-refractivity contribution in [2.75, 3.05) is 26.2 Å². The first-order valence-electron chi connectivity index (χ1n) is 8.56. The van der Waals surface area contributed by atoms with E-state index in [1.54, 1.807) is 11.8 Å². The molecule has 2 aromatic carbocycles. The Morgan fingerprint density at radius 3 is 2.33 bits per heavy atom. The quantitative estimate of drug-likeness (QED) is 0.713. The number of sulfonamides is 1. The number of benzene rings is 2. The maximum absolute atomic E-state index is 13.5. The van der Waals surface area contributed by atoms with E-state index >= 15 is 0 Å². The first kappa shape index (κ1) is 20.0. The molecule has 144 valence electrons. The molecular formula is C19H20BrFN2O3S. The van der Waals surface area contributed by atoms with Crippen molar-refractivity contribution in [2.24, 2.45) is 0 Å².